The minimum atomic E-state index is 0.353. The summed E-state index contributed by atoms with van der Waals surface area (Å²) in [5.74, 6) is 1.59. The minimum absolute atomic E-state index is 0.353. The standard InChI is InChI=1S/C21H42N2O2/c1-18(22-12-7-20(8-13-22)4-3-16-24)5-6-19(2)23-14-9-21(10-15-23)11-17-25/h18-21,24-25H,3-17H2,1-2H3. The fourth-order valence-electron chi connectivity index (χ4n) is 4.77. The number of hydrogen-bond donors (Lipinski definition) is 2. The highest BCUT2D eigenvalue weighted by atomic mass is 16.3. The first kappa shape index (κ1) is 21.1. The quantitative estimate of drug-likeness (QED) is 0.633. The van der Waals surface area contributed by atoms with Crippen molar-refractivity contribution in [2.24, 2.45) is 11.8 Å². The monoisotopic (exact) mass is 354 g/mol. The van der Waals surface area contributed by atoms with Crippen LogP contribution in [0, 0.1) is 11.8 Å². The Balaban J connectivity index is 1.61. The van der Waals surface area contributed by atoms with Gasteiger partial charge in [0.2, 0.25) is 0 Å². The Labute approximate surface area is 155 Å². The van der Waals surface area contributed by atoms with Crippen molar-refractivity contribution in [3.8, 4) is 0 Å². The van der Waals surface area contributed by atoms with Crippen molar-refractivity contribution in [2.75, 3.05) is 39.4 Å². The van der Waals surface area contributed by atoms with Gasteiger partial charge in [0.25, 0.3) is 0 Å². The molecular formula is C21H42N2O2. The Kier molecular flexibility index (Phi) is 9.75. The van der Waals surface area contributed by atoms with Crippen LogP contribution in [-0.4, -0.2) is 71.5 Å². The predicted octanol–water partition coefficient (Wildman–Crippen LogP) is 3.12. The second kappa shape index (κ2) is 11.5. The Hall–Kier alpha value is -0.160. The number of nitrogens with zero attached hydrogens (tertiary/aromatic N) is 2. The van der Waals surface area contributed by atoms with Crippen LogP contribution >= 0.6 is 0 Å². The van der Waals surface area contributed by atoms with Crippen molar-refractivity contribution in [3.63, 3.8) is 0 Å². The van der Waals surface area contributed by atoms with Crippen molar-refractivity contribution in [2.45, 2.75) is 83.7 Å². The van der Waals surface area contributed by atoms with Gasteiger partial charge in [-0.15, -0.1) is 0 Å². The third-order valence-electron chi connectivity index (χ3n) is 6.85. The molecule has 25 heavy (non-hydrogen) atoms. The molecule has 0 amide bonds. The van der Waals surface area contributed by atoms with Crippen molar-refractivity contribution in [3.05, 3.63) is 0 Å². The second-order valence-electron chi connectivity index (χ2n) is 8.61. The average Bonchev–Trinajstić information content (AvgIpc) is 2.65. The molecule has 2 aliphatic heterocycles. The maximum atomic E-state index is 9.09. The molecule has 2 unspecified atom stereocenters. The first-order chi connectivity index (χ1) is 12.1. The third kappa shape index (κ3) is 7.16. The van der Waals surface area contributed by atoms with Gasteiger partial charge in [-0.25, -0.2) is 0 Å². The lowest BCUT2D eigenvalue weighted by molar-refractivity contribution is 0.0998. The molecule has 0 aliphatic carbocycles. The lowest BCUT2D eigenvalue weighted by atomic mass is 9.90. The fourth-order valence-corrected chi connectivity index (χ4v) is 4.77. The van der Waals surface area contributed by atoms with Crippen LogP contribution in [0.15, 0.2) is 0 Å². The summed E-state index contributed by atoms with van der Waals surface area (Å²) in [7, 11) is 0. The van der Waals surface area contributed by atoms with Gasteiger partial charge in [0.05, 0.1) is 0 Å². The molecule has 2 N–H and O–H groups in total. The van der Waals surface area contributed by atoms with Crippen LogP contribution in [0.5, 0.6) is 0 Å². The first-order valence-electron chi connectivity index (χ1n) is 10.8. The second-order valence-corrected chi connectivity index (χ2v) is 8.61. The van der Waals surface area contributed by atoms with Gasteiger partial charge in [0, 0.05) is 25.3 Å². The maximum absolute atomic E-state index is 9.09. The van der Waals surface area contributed by atoms with Crippen LogP contribution in [0.1, 0.15) is 71.6 Å². The van der Waals surface area contributed by atoms with E-state index < -0.39 is 0 Å². The topological polar surface area (TPSA) is 46.9 Å². The van der Waals surface area contributed by atoms with Crippen molar-refractivity contribution in [1.29, 1.82) is 0 Å². The molecule has 0 spiro atoms. The van der Waals surface area contributed by atoms with Crippen molar-refractivity contribution in [1.82, 2.24) is 9.80 Å². The summed E-state index contributed by atoms with van der Waals surface area (Å²) >= 11 is 0. The summed E-state index contributed by atoms with van der Waals surface area (Å²) in [5.41, 5.74) is 0. The summed E-state index contributed by atoms with van der Waals surface area (Å²) in [6.07, 6.45) is 11.0. The Morgan fingerprint density at radius 1 is 0.720 bits per heavy atom. The van der Waals surface area contributed by atoms with Crippen LogP contribution in [0.2, 0.25) is 0 Å². The van der Waals surface area contributed by atoms with E-state index in [-0.39, 0.29) is 0 Å². The summed E-state index contributed by atoms with van der Waals surface area (Å²) in [5, 5.41) is 18.1. The van der Waals surface area contributed by atoms with Crippen molar-refractivity contribution < 1.29 is 10.2 Å². The van der Waals surface area contributed by atoms with E-state index in [1.165, 1.54) is 71.1 Å². The lowest BCUT2D eigenvalue weighted by Crippen LogP contribution is -2.43. The van der Waals surface area contributed by atoms with E-state index in [4.69, 9.17) is 10.2 Å². The Morgan fingerprint density at radius 2 is 1.16 bits per heavy atom. The zero-order valence-corrected chi connectivity index (χ0v) is 16.7. The van der Waals surface area contributed by atoms with Crippen molar-refractivity contribution >= 4 is 0 Å². The molecule has 4 heteroatoms. The van der Waals surface area contributed by atoms with E-state index in [1.807, 2.05) is 0 Å². The van der Waals surface area contributed by atoms with Gasteiger partial charge in [-0.1, -0.05) is 0 Å². The molecule has 2 rings (SSSR count). The van der Waals surface area contributed by atoms with Crippen LogP contribution in [0.4, 0.5) is 0 Å². The molecule has 2 saturated heterocycles. The molecule has 148 valence electrons. The fraction of sp³-hybridized carbons (Fsp3) is 1.00. The van der Waals surface area contributed by atoms with Crippen LogP contribution in [-0.2, 0) is 0 Å². The number of hydrogen-bond acceptors (Lipinski definition) is 4. The maximum Gasteiger partial charge on any atom is 0.0433 e. The van der Waals surface area contributed by atoms with Gasteiger partial charge in [-0.3, -0.25) is 0 Å². The number of aliphatic hydroxyl groups excluding tert-OH is 2. The molecular weight excluding hydrogens is 312 g/mol. The van der Waals surface area contributed by atoms with Gasteiger partial charge >= 0.3 is 0 Å². The van der Waals surface area contributed by atoms with Gasteiger partial charge in [-0.05, 0) is 110 Å². The number of rotatable bonds is 10. The molecule has 2 aliphatic rings. The molecule has 2 heterocycles. The van der Waals surface area contributed by atoms with Gasteiger partial charge < -0.3 is 20.0 Å². The number of aliphatic hydroxyl groups is 2. The summed E-state index contributed by atoms with van der Waals surface area (Å²) in [6.45, 7) is 10.5. The van der Waals surface area contributed by atoms with Gasteiger partial charge in [-0.2, -0.15) is 0 Å². The summed E-state index contributed by atoms with van der Waals surface area (Å²) in [4.78, 5) is 5.36. The third-order valence-corrected chi connectivity index (χ3v) is 6.85. The van der Waals surface area contributed by atoms with E-state index in [2.05, 4.69) is 23.6 Å². The molecule has 0 aromatic rings. The zero-order valence-electron chi connectivity index (χ0n) is 16.7. The molecule has 2 atom stereocenters. The first-order valence-corrected chi connectivity index (χ1v) is 10.8. The zero-order chi connectivity index (χ0) is 18.1. The smallest absolute Gasteiger partial charge is 0.0433 e. The number of likely N-dealkylation sites (tertiary alicyclic amines) is 2. The molecule has 0 radical (unpaired) electrons. The predicted molar refractivity (Wildman–Crippen MR) is 105 cm³/mol. The molecule has 0 aromatic heterocycles. The Morgan fingerprint density at radius 3 is 1.56 bits per heavy atom. The molecule has 0 bridgehead atoms. The molecule has 0 saturated carbocycles. The lowest BCUT2D eigenvalue weighted by Gasteiger charge is -2.39. The van der Waals surface area contributed by atoms with E-state index in [0.29, 0.717) is 25.3 Å². The van der Waals surface area contributed by atoms with Crippen LogP contribution < -0.4 is 0 Å². The summed E-state index contributed by atoms with van der Waals surface area (Å²) < 4.78 is 0. The average molecular weight is 355 g/mol. The minimum Gasteiger partial charge on any atom is -0.396 e. The number of piperidine rings is 2. The van der Waals surface area contributed by atoms with E-state index in [9.17, 15) is 0 Å². The van der Waals surface area contributed by atoms with Crippen LogP contribution in [0.3, 0.4) is 0 Å². The van der Waals surface area contributed by atoms with E-state index in [0.717, 1.165) is 24.7 Å². The highest BCUT2D eigenvalue weighted by Gasteiger charge is 2.25. The van der Waals surface area contributed by atoms with E-state index in [1.54, 1.807) is 0 Å². The highest BCUT2D eigenvalue weighted by Crippen LogP contribution is 2.26. The van der Waals surface area contributed by atoms with E-state index >= 15 is 0 Å². The summed E-state index contributed by atoms with van der Waals surface area (Å²) in [6, 6.07) is 1.40. The Bertz CT molecular complexity index is 337. The molecule has 4 nitrogen and oxygen atoms in total. The van der Waals surface area contributed by atoms with Gasteiger partial charge in [0.15, 0.2) is 0 Å². The SMILES string of the molecule is CC(CCC(C)N1CCC(CCCO)CC1)N1CCC(CCO)CC1. The van der Waals surface area contributed by atoms with Gasteiger partial charge in [0.1, 0.15) is 0 Å². The molecule has 0 aromatic carbocycles. The highest BCUT2D eigenvalue weighted by molar-refractivity contribution is 4.80. The normalized spacial score (nSPS) is 24.5. The largest absolute Gasteiger partial charge is 0.396 e. The van der Waals surface area contributed by atoms with Crippen LogP contribution in [0.25, 0.3) is 0 Å². The molecule has 2 fully saturated rings.